The second-order valence-electron chi connectivity index (χ2n) is 7.92. The van der Waals surface area contributed by atoms with E-state index in [4.69, 9.17) is 4.74 Å². The molecule has 4 aliphatic carbocycles. The number of methoxy groups -OCH3 is 1. The lowest BCUT2D eigenvalue weighted by molar-refractivity contribution is -0.0311. The predicted molar refractivity (Wildman–Crippen MR) is 83.6 cm³/mol. The first-order valence-corrected chi connectivity index (χ1v) is 8.78. The highest BCUT2D eigenvalue weighted by Crippen LogP contribution is 2.60. The fraction of sp³-hybridized carbons (Fsp3) is 0.789. The van der Waals surface area contributed by atoms with Crippen molar-refractivity contribution in [2.24, 2.45) is 23.2 Å². The molecule has 2 saturated carbocycles. The largest absolute Gasteiger partial charge is 0.501 e. The van der Waals surface area contributed by atoms with Gasteiger partial charge < -0.3 is 9.84 Å². The van der Waals surface area contributed by atoms with Gasteiger partial charge in [-0.1, -0.05) is 12.5 Å². The molecule has 0 bridgehead atoms. The number of rotatable bonds is 1. The summed E-state index contributed by atoms with van der Waals surface area (Å²) in [6.45, 7) is 2.36. The fourth-order valence-electron chi connectivity index (χ4n) is 6.01. The molecule has 0 aromatic heterocycles. The molecule has 0 radical (unpaired) electrons. The average molecular weight is 288 g/mol. The van der Waals surface area contributed by atoms with Crippen molar-refractivity contribution in [3.05, 3.63) is 23.0 Å². The van der Waals surface area contributed by atoms with Crippen molar-refractivity contribution in [2.45, 2.75) is 64.4 Å². The van der Waals surface area contributed by atoms with Crippen LogP contribution < -0.4 is 0 Å². The minimum atomic E-state index is -0.0508. The van der Waals surface area contributed by atoms with Crippen molar-refractivity contribution in [1.82, 2.24) is 0 Å². The van der Waals surface area contributed by atoms with Gasteiger partial charge in [-0.25, -0.2) is 0 Å². The summed E-state index contributed by atoms with van der Waals surface area (Å²) in [4.78, 5) is 0. The molecule has 2 nitrogen and oxygen atoms in total. The van der Waals surface area contributed by atoms with Crippen LogP contribution >= 0.6 is 0 Å². The van der Waals surface area contributed by atoms with E-state index in [1.807, 2.05) is 0 Å². The Morgan fingerprint density at radius 2 is 2.00 bits per heavy atom. The van der Waals surface area contributed by atoms with Gasteiger partial charge in [0.15, 0.2) is 0 Å². The van der Waals surface area contributed by atoms with Crippen LogP contribution in [0.15, 0.2) is 23.0 Å². The number of aliphatic hydroxyl groups excluding tert-OH is 1. The van der Waals surface area contributed by atoms with Crippen LogP contribution in [0.4, 0.5) is 0 Å². The van der Waals surface area contributed by atoms with Gasteiger partial charge in [0.25, 0.3) is 0 Å². The topological polar surface area (TPSA) is 29.5 Å². The van der Waals surface area contributed by atoms with Crippen LogP contribution in [0.5, 0.6) is 0 Å². The predicted octanol–water partition coefficient (Wildman–Crippen LogP) is 4.20. The molecule has 2 fully saturated rings. The Hall–Kier alpha value is -0.760. The summed E-state index contributed by atoms with van der Waals surface area (Å²) in [5.41, 5.74) is 3.54. The molecular weight excluding hydrogens is 260 g/mol. The molecule has 0 aromatic rings. The Kier molecular flexibility index (Phi) is 3.22. The molecule has 21 heavy (non-hydrogen) atoms. The minimum absolute atomic E-state index is 0.0508. The maximum absolute atomic E-state index is 10.4. The number of hydrogen-bond donors (Lipinski definition) is 1. The summed E-state index contributed by atoms with van der Waals surface area (Å²) in [7, 11) is 1.80. The highest BCUT2D eigenvalue weighted by molar-refractivity contribution is 5.36. The third-order valence-electron chi connectivity index (χ3n) is 7.23. The van der Waals surface area contributed by atoms with Gasteiger partial charge in [-0.2, -0.15) is 0 Å². The maximum atomic E-state index is 10.4. The average Bonchev–Trinajstić information content (AvgIpc) is 2.82. The summed E-state index contributed by atoms with van der Waals surface area (Å²) in [5, 5.41) is 10.4. The number of ether oxygens (including phenoxy) is 1. The summed E-state index contributed by atoms with van der Waals surface area (Å²) in [6, 6.07) is 0. The number of hydrogen-bond acceptors (Lipinski definition) is 2. The molecule has 0 spiro atoms. The molecule has 4 rings (SSSR count). The quantitative estimate of drug-likeness (QED) is 0.783. The van der Waals surface area contributed by atoms with Crippen molar-refractivity contribution in [2.75, 3.05) is 7.11 Å². The molecule has 116 valence electrons. The van der Waals surface area contributed by atoms with Crippen LogP contribution in [0.25, 0.3) is 0 Å². The van der Waals surface area contributed by atoms with Gasteiger partial charge in [-0.05, 0) is 79.8 Å². The van der Waals surface area contributed by atoms with Crippen molar-refractivity contribution < 1.29 is 9.84 Å². The molecule has 0 amide bonds. The monoisotopic (exact) mass is 288 g/mol. The number of allylic oxidation sites excluding steroid dienone is 4. The van der Waals surface area contributed by atoms with Crippen molar-refractivity contribution in [3.8, 4) is 0 Å². The van der Waals surface area contributed by atoms with Gasteiger partial charge in [0.1, 0.15) is 0 Å². The lowest BCUT2D eigenvalue weighted by atomic mass is 9.54. The van der Waals surface area contributed by atoms with Crippen LogP contribution in [0, 0.1) is 23.2 Å². The Morgan fingerprint density at radius 3 is 2.81 bits per heavy atom. The van der Waals surface area contributed by atoms with Crippen LogP contribution in [0.3, 0.4) is 0 Å². The summed E-state index contributed by atoms with van der Waals surface area (Å²) < 4.78 is 5.47. The van der Waals surface area contributed by atoms with E-state index in [-0.39, 0.29) is 11.5 Å². The van der Waals surface area contributed by atoms with Gasteiger partial charge in [0.2, 0.25) is 0 Å². The lowest BCUT2D eigenvalue weighted by Crippen LogP contribution is -2.45. The van der Waals surface area contributed by atoms with E-state index in [1.54, 1.807) is 18.3 Å². The first-order valence-electron chi connectivity index (χ1n) is 8.78. The molecule has 5 atom stereocenters. The molecule has 0 aliphatic heterocycles. The number of fused-ring (bicyclic) bond motifs is 4. The SMILES string of the molecule is COC1=CC2=C(CC1)[C@H]1CC[C@]3(C)[C@@H](O)CC[C@H]3[C@@H]1CC2. The van der Waals surface area contributed by atoms with Gasteiger partial charge in [-0.3, -0.25) is 0 Å². The van der Waals surface area contributed by atoms with Crippen LogP contribution in [0.2, 0.25) is 0 Å². The number of aliphatic hydroxyl groups is 1. The zero-order chi connectivity index (χ0) is 14.6. The second kappa shape index (κ2) is 4.87. The molecule has 0 heterocycles. The lowest BCUT2D eigenvalue weighted by Gasteiger charge is -2.51. The second-order valence-corrected chi connectivity index (χ2v) is 7.92. The Labute approximate surface area is 128 Å². The van der Waals surface area contributed by atoms with E-state index < -0.39 is 0 Å². The third kappa shape index (κ3) is 1.94. The highest BCUT2D eigenvalue weighted by atomic mass is 16.5. The van der Waals surface area contributed by atoms with E-state index in [1.165, 1.54) is 44.3 Å². The van der Waals surface area contributed by atoms with Gasteiger partial charge in [-0.15, -0.1) is 0 Å². The first kappa shape index (κ1) is 13.9. The Morgan fingerprint density at radius 1 is 1.14 bits per heavy atom. The molecule has 2 heteroatoms. The van der Waals surface area contributed by atoms with Crippen LogP contribution in [-0.4, -0.2) is 18.3 Å². The van der Waals surface area contributed by atoms with E-state index in [9.17, 15) is 5.11 Å². The Bertz CT molecular complexity index is 504. The van der Waals surface area contributed by atoms with E-state index in [0.29, 0.717) is 0 Å². The summed E-state index contributed by atoms with van der Waals surface area (Å²) in [5.74, 6) is 3.56. The minimum Gasteiger partial charge on any atom is -0.501 e. The van der Waals surface area contributed by atoms with Gasteiger partial charge in [0, 0.05) is 6.42 Å². The molecule has 0 unspecified atom stereocenters. The molecule has 1 N–H and O–H groups in total. The zero-order valence-electron chi connectivity index (χ0n) is 13.4. The normalized spacial score (nSPS) is 45.6. The smallest absolute Gasteiger partial charge is 0.0961 e. The van der Waals surface area contributed by atoms with E-state index in [0.717, 1.165) is 30.6 Å². The fourth-order valence-corrected chi connectivity index (χ4v) is 6.01. The van der Waals surface area contributed by atoms with Crippen molar-refractivity contribution >= 4 is 0 Å². The molecular formula is C19H28O2. The van der Waals surface area contributed by atoms with Crippen LogP contribution in [-0.2, 0) is 4.74 Å². The van der Waals surface area contributed by atoms with E-state index >= 15 is 0 Å². The maximum Gasteiger partial charge on any atom is 0.0961 e. The molecule has 0 aromatic carbocycles. The van der Waals surface area contributed by atoms with Crippen molar-refractivity contribution in [3.63, 3.8) is 0 Å². The first-order chi connectivity index (χ1) is 10.1. The molecule has 4 aliphatic rings. The zero-order valence-corrected chi connectivity index (χ0v) is 13.4. The van der Waals surface area contributed by atoms with E-state index in [2.05, 4.69) is 13.0 Å². The van der Waals surface area contributed by atoms with Crippen molar-refractivity contribution in [1.29, 1.82) is 0 Å². The summed E-state index contributed by atoms with van der Waals surface area (Å²) in [6.07, 6.45) is 11.9. The van der Waals surface area contributed by atoms with Gasteiger partial charge >= 0.3 is 0 Å². The van der Waals surface area contributed by atoms with Gasteiger partial charge in [0.05, 0.1) is 19.0 Å². The molecule has 0 saturated heterocycles. The standard InChI is InChI=1S/C19H28O2/c1-19-10-9-15-14-6-4-13(21-2)11-12(14)3-5-16(15)17(19)7-8-18(19)20/h11,15-18,20H,3-10H2,1-2H3/t15-,16-,17+,18+,19+/m1/s1. The highest BCUT2D eigenvalue weighted by Gasteiger charge is 2.54. The third-order valence-corrected chi connectivity index (χ3v) is 7.23. The Balaban J connectivity index is 1.65. The van der Waals surface area contributed by atoms with Crippen LogP contribution in [0.1, 0.15) is 58.3 Å². The summed E-state index contributed by atoms with van der Waals surface area (Å²) >= 11 is 0.